The second kappa shape index (κ2) is 6.52. The van der Waals surface area contributed by atoms with Gasteiger partial charge in [0.25, 0.3) is 5.91 Å². The molecule has 6 heteroatoms. The Morgan fingerprint density at radius 3 is 2.65 bits per heavy atom. The summed E-state index contributed by atoms with van der Waals surface area (Å²) in [4.78, 5) is 25.9. The molecule has 1 fully saturated rings. The molecular formula is C17H17NO4S. The van der Waals surface area contributed by atoms with Crippen LogP contribution in [0.4, 0.5) is 0 Å². The Kier molecular flexibility index (Phi) is 4.45. The Morgan fingerprint density at radius 2 is 1.96 bits per heavy atom. The number of carbonyl (C=O) groups excluding carboxylic acids is 1. The van der Waals surface area contributed by atoms with E-state index in [-0.39, 0.29) is 16.9 Å². The number of ether oxygens (including phenoxy) is 1. The van der Waals surface area contributed by atoms with Gasteiger partial charge >= 0.3 is 5.97 Å². The van der Waals surface area contributed by atoms with Crippen molar-refractivity contribution in [2.45, 2.75) is 13.0 Å². The summed E-state index contributed by atoms with van der Waals surface area (Å²) in [6.45, 7) is 3.49. The third-order valence-corrected chi connectivity index (χ3v) is 4.98. The number of nitrogens with zero attached hydrogens (tertiary/aromatic N) is 1. The molecule has 2 heterocycles. The monoisotopic (exact) mass is 331 g/mol. The van der Waals surface area contributed by atoms with Crippen LogP contribution in [-0.4, -0.2) is 41.6 Å². The molecule has 0 unspecified atom stereocenters. The van der Waals surface area contributed by atoms with Gasteiger partial charge in [-0.25, -0.2) is 4.79 Å². The lowest BCUT2D eigenvalue weighted by molar-refractivity contribution is -0.0229. The molecule has 1 aliphatic rings. The summed E-state index contributed by atoms with van der Waals surface area (Å²) < 4.78 is 5.82. The first-order valence-electron chi connectivity index (χ1n) is 7.36. The fourth-order valence-corrected chi connectivity index (χ4v) is 3.51. The van der Waals surface area contributed by atoms with Crippen LogP contribution in [0.2, 0.25) is 0 Å². The minimum atomic E-state index is -1.01. The Hall–Kier alpha value is -2.18. The predicted octanol–water partition coefficient (Wildman–Crippen LogP) is 2.97. The van der Waals surface area contributed by atoms with Crippen LogP contribution >= 0.6 is 11.3 Å². The zero-order valence-electron chi connectivity index (χ0n) is 12.7. The average Bonchev–Trinajstić information content (AvgIpc) is 3.05. The van der Waals surface area contributed by atoms with Gasteiger partial charge in [0.2, 0.25) is 0 Å². The fourth-order valence-electron chi connectivity index (χ4n) is 2.69. The number of morpholine rings is 1. The molecule has 23 heavy (non-hydrogen) atoms. The molecule has 0 aliphatic carbocycles. The maximum Gasteiger partial charge on any atom is 0.345 e. The highest BCUT2D eigenvalue weighted by atomic mass is 32.1. The van der Waals surface area contributed by atoms with E-state index in [1.165, 1.54) is 6.07 Å². The predicted molar refractivity (Wildman–Crippen MR) is 87.1 cm³/mol. The molecule has 1 N–H and O–H groups in total. The number of aromatic carboxylic acids is 1. The van der Waals surface area contributed by atoms with Crippen molar-refractivity contribution in [2.24, 2.45) is 0 Å². The van der Waals surface area contributed by atoms with Crippen LogP contribution in [0.1, 0.15) is 36.6 Å². The highest BCUT2D eigenvalue weighted by Crippen LogP contribution is 2.27. The maximum absolute atomic E-state index is 12.6. The molecule has 120 valence electrons. The Balaban J connectivity index is 1.76. The minimum Gasteiger partial charge on any atom is -0.477 e. The summed E-state index contributed by atoms with van der Waals surface area (Å²) in [6.07, 6.45) is -0.146. The van der Waals surface area contributed by atoms with Gasteiger partial charge in [-0.1, -0.05) is 24.3 Å². The zero-order valence-corrected chi connectivity index (χ0v) is 13.5. The second-order valence-corrected chi connectivity index (χ2v) is 6.52. The molecule has 1 atom stereocenters. The molecule has 1 saturated heterocycles. The molecule has 3 rings (SSSR count). The first-order chi connectivity index (χ1) is 11.1. The normalized spacial score (nSPS) is 18.0. The lowest BCUT2D eigenvalue weighted by atomic mass is 10.0. The summed E-state index contributed by atoms with van der Waals surface area (Å²) in [6, 6.07) is 11.0. The van der Waals surface area contributed by atoms with E-state index in [0.29, 0.717) is 24.6 Å². The first-order valence-corrected chi connectivity index (χ1v) is 8.17. The van der Waals surface area contributed by atoms with Crippen LogP contribution < -0.4 is 0 Å². The number of benzene rings is 1. The van der Waals surface area contributed by atoms with Crippen molar-refractivity contribution in [2.75, 3.05) is 19.7 Å². The topological polar surface area (TPSA) is 66.8 Å². The Morgan fingerprint density at radius 1 is 1.22 bits per heavy atom. The number of carboxylic acid groups (broad SMARTS) is 1. The summed E-state index contributed by atoms with van der Waals surface area (Å²) in [7, 11) is 0. The fraction of sp³-hybridized carbons (Fsp3) is 0.294. The number of carbonyl (C=O) groups is 2. The van der Waals surface area contributed by atoms with E-state index in [1.54, 1.807) is 11.0 Å². The molecular weight excluding hydrogens is 314 g/mol. The number of carboxylic acids is 1. The van der Waals surface area contributed by atoms with E-state index in [4.69, 9.17) is 9.84 Å². The number of rotatable bonds is 3. The van der Waals surface area contributed by atoms with E-state index in [1.807, 2.05) is 31.2 Å². The molecule has 1 amide bonds. The smallest absolute Gasteiger partial charge is 0.345 e. The molecule has 0 radical (unpaired) electrons. The SMILES string of the molecule is Cc1ccccc1[C@@H]1CN(C(=O)c2ccc(C(=O)O)s2)CCO1. The van der Waals surface area contributed by atoms with Gasteiger partial charge in [-0.05, 0) is 30.2 Å². The van der Waals surface area contributed by atoms with Gasteiger partial charge < -0.3 is 14.7 Å². The number of amides is 1. The van der Waals surface area contributed by atoms with Crippen molar-refractivity contribution < 1.29 is 19.4 Å². The van der Waals surface area contributed by atoms with Crippen LogP contribution in [0.5, 0.6) is 0 Å². The van der Waals surface area contributed by atoms with E-state index in [2.05, 4.69) is 0 Å². The van der Waals surface area contributed by atoms with Gasteiger partial charge in [0, 0.05) is 6.54 Å². The van der Waals surface area contributed by atoms with Crippen LogP contribution in [0.3, 0.4) is 0 Å². The van der Waals surface area contributed by atoms with Gasteiger partial charge in [-0.15, -0.1) is 11.3 Å². The number of hydrogen-bond donors (Lipinski definition) is 1. The maximum atomic E-state index is 12.6. The van der Waals surface area contributed by atoms with Crippen molar-refractivity contribution in [1.29, 1.82) is 0 Å². The molecule has 0 saturated carbocycles. The summed E-state index contributed by atoms with van der Waals surface area (Å²) in [5.41, 5.74) is 2.22. The molecule has 1 aliphatic heterocycles. The lowest BCUT2D eigenvalue weighted by Crippen LogP contribution is -2.42. The van der Waals surface area contributed by atoms with E-state index in [0.717, 1.165) is 22.5 Å². The van der Waals surface area contributed by atoms with Gasteiger partial charge in [0.1, 0.15) is 11.0 Å². The van der Waals surface area contributed by atoms with Gasteiger partial charge in [0.05, 0.1) is 18.0 Å². The molecule has 0 bridgehead atoms. The van der Waals surface area contributed by atoms with Gasteiger partial charge in [-0.2, -0.15) is 0 Å². The van der Waals surface area contributed by atoms with Gasteiger partial charge in [0.15, 0.2) is 0 Å². The average molecular weight is 331 g/mol. The molecule has 0 spiro atoms. The summed E-state index contributed by atoms with van der Waals surface area (Å²) in [5.74, 6) is -1.14. The third-order valence-electron chi connectivity index (χ3n) is 3.92. The van der Waals surface area contributed by atoms with Crippen LogP contribution in [0, 0.1) is 6.92 Å². The Labute approximate surface area is 138 Å². The first kappa shape index (κ1) is 15.7. The van der Waals surface area contributed by atoms with Crippen LogP contribution in [0.25, 0.3) is 0 Å². The largest absolute Gasteiger partial charge is 0.477 e. The second-order valence-electron chi connectivity index (χ2n) is 5.44. The standard InChI is InChI=1S/C17H17NO4S/c1-11-4-2-3-5-12(11)13-10-18(8-9-22-13)16(19)14-6-7-15(23-14)17(20)21/h2-7,13H,8-10H2,1H3,(H,20,21)/t13-/m0/s1. The van der Waals surface area contributed by atoms with Crippen molar-refractivity contribution in [3.05, 3.63) is 57.3 Å². The van der Waals surface area contributed by atoms with Crippen molar-refractivity contribution in [3.63, 3.8) is 0 Å². The quantitative estimate of drug-likeness (QED) is 0.939. The third kappa shape index (κ3) is 3.28. The highest BCUT2D eigenvalue weighted by molar-refractivity contribution is 7.15. The Bertz CT molecular complexity index is 740. The van der Waals surface area contributed by atoms with Crippen molar-refractivity contribution >= 4 is 23.2 Å². The zero-order chi connectivity index (χ0) is 16.4. The lowest BCUT2D eigenvalue weighted by Gasteiger charge is -2.33. The minimum absolute atomic E-state index is 0.135. The van der Waals surface area contributed by atoms with Gasteiger partial charge in [-0.3, -0.25) is 4.79 Å². The van der Waals surface area contributed by atoms with Crippen molar-refractivity contribution in [3.8, 4) is 0 Å². The molecule has 1 aromatic heterocycles. The van der Waals surface area contributed by atoms with Crippen LogP contribution in [0.15, 0.2) is 36.4 Å². The number of hydrogen-bond acceptors (Lipinski definition) is 4. The van der Waals surface area contributed by atoms with E-state index < -0.39 is 5.97 Å². The summed E-state index contributed by atoms with van der Waals surface area (Å²) in [5, 5.41) is 8.98. The summed E-state index contributed by atoms with van der Waals surface area (Å²) >= 11 is 1.01. The number of aryl methyl sites for hydroxylation is 1. The molecule has 1 aromatic carbocycles. The molecule has 5 nitrogen and oxygen atoms in total. The molecule has 2 aromatic rings. The van der Waals surface area contributed by atoms with E-state index in [9.17, 15) is 9.59 Å². The van der Waals surface area contributed by atoms with Crippen LogP contribution in [-0.2, 0) is 4.74 Å². The van der Waals surface area contributed by atoms with Crippen molar-refractivity contribution in [1.82, 2.24) is 4.90 Å². The van der Waals surface area contributed by atoms with E-state index >= 15 is 0 Å². The number of thiophene rings is 1. The highest BCUT2D eigenvalue weighted by Gasteiger charge is 2.27.